The molecule has 0 radical (unpaired) electrons. The summed E-state index contributed by atoms with van der Waals surface area (Å²) in [5.74, 6) is 0.551. The van der Waals surface area contributed by atoms with E-state index < -0.39 is 6.04 Å². The zero-order chi connectivity index (χ0) is 21.4. The smallest absolute Gasteiger partial charge is 0.242 e. The molecule has 0 saturated carbocycles. The van der Waals surface area contributed by atoms with Crippen LogP contribution in [0.4, 0.5) is 0 Å². The Hall–Kier alpha value is -2.82. The average Bonchev–Trinajstić information content (AvgIpc) is 2.73. The van der Waals surface area contributed by atoms with Gasteiger partial charge in [0.2, 0.25) is 11.8 Å². The molecule has 2 atom stereocenters. The first-order valence-corrected chi connectivity index (χ1v) is 10.1. The monoisotopic (exact) mass is 396 g/mol. The molecule has 2 amide bonds. The van der Waals surface area contributed by atoms with Crippen molar-refractivity contribution in [2.45, 2.75) is 59.2 Å². The number of aryl methyl sites for hydroxylation is 1. The van der Waals surface area contributed by atoms with Gasteiger partial charge >= 0.3 is 0 Å². The zero-order valence-electron chi connectivity index (χ0n) is 18.1. The maximum absolute atomic E-state index is 13.1. The lowest BCUT2D eigenvalue weighted by molar-refractivity contribution is -0.140. The van der Waals surface area contributed by atoms with E-state index in [1.165, 1.54) is 0 Å². The molecular weight excluding hydrogens is 364 g/mol. The average molecular weight is 397 g/mol. The lowest BCUT2D eigenvalue weighted by Gasteiger charge is -2.30. The van der Waals surface area contributed by atoms with E-state index in [0.717, 1.165) is 28.9 Å². The molecule has 5 heteroatoms. The quantitative estimate of drug-likeness (QED) is 0.700. The number of ether oxygens (including phenoxy) is 1. The fourth-order valence-corrected chi connectivity index (χ4v) is 2.96. The Balaban J connectivity index is 2.21. The molecular formula is C24H32N2O3. The molecule has 0 aromatic heterocycles. The van der Waals surface area contributed by atoms with Gasteiger partial charge in [-0.3, -0.25) is 9.59 Å². The van der Waals surface area contributed by atoms with Gasteiger partial charge in [-0.15, -0.1) is 0 Å². The van der Waals surface area contributed by atoms with Crippen molar-refractivity contribution in [3.8, 4) is 5.75 Å². The van der Waals surface area contributed by atoms with Crippen molar-refractivity contribution in [3.63, 3.8) is 0 Å². The normalized spacial score (nSPS) is 12.7. The predicted molar refractivity (Wildman–Crippen MR) is 116 cm³/mol. The highest BCUT2D eigenvalue weighted by molar-refractivity contribution is 5.88. The van der Waals surface area contributed by atoms with Crippen molar-refractivity contribution in [2.75, 3.05) is 7.11 Å². The molecule has 0 saturated heterocycles. The molecule has 0 unspecified atom stereocenters. The van der Waals surface area contributed by atoms with Gasteiger partial charge < -0.3 is 15.0 Å². The zero-order valence-corrected chi connectivity index (χ0v) is 18.1. The number of nitrogens with one attached hydrogen (secondary N) is 1. The number of methoxy groups -OCH3 is 1. The van der Waals surface area contributed by atoms with Gasteiger partial charge in [-0.05, 0) is 50.5 Å². The van der Waals surface area contributed by atoms with Gasteiger partial charge in [0.15, 0.2) is 0 Å². The van der Waals surface area contributed by atoms with Crippen molar-refractivity contribution >= 4 is 11.8 Å². The van der Waals surface area contributed by atoms with Crippen molar-refractivity contribution in [3.05, 3.63) is 65.2 Å². The number of carbonyl (C=O) groups is 2. The van der Waals surface area contributed by atoms with Crippen LogP contribution >= 0.6 is 0 Å². The fourth-order valence-electron chi connectivity index (χ4n) is 2.96. The standard InChI is InChI=1S/C24H32N2O3/c1-6-18(3)25-24(28)19(4)26(16-21-11-13-22(29-5)14-12-21)23(27)15-20-9-7-17(2)8-10-20/h7-14,18-19H,6,15-16H2,1-5H3,(H,25,28)/t18-,19-/m0/s1. The van der Waals surface area contributed by atoms with Gasteiger partial charge in [-0.25, -0.2) is 0 Å². The van der Waals surface area contributed by atoms with Crippen LogP contribution in [0.15, 0.2) is 48.5 Å². The third-order valence-corrected chi connectivity index (χ3v) is 5.16. The van der Waals surface area contributed by atoms with Crippen LogP contribution < -0.4 is 10.1 Å². The van der Waals surface area contributed by atoms with Gasteiger partial charge in [0.1, 0.15) is 11.8 Å². The second-order valence-corrected chi connectivity index (χ2v) is 7.53. The molecule has 2 aromatic rings. The van der Waals surface area contributed by atoms with Crippen molar-refractivity contribution in [1.82, 2.24) is 10.2 Å². The van der Waals surface area contributed by atoms with E-state index in [-0.39, 0.29) is 24.3 Å². The highest BCUT2D eigenvalue weighted by Gasteiger charge is 2.26. The summed E-state index contributed by atoms with van der Waals surface area (Å²) in [5, 5.41) is 2.99. The van der Waals surface area contributed by atoms with Gasteiger partial charge in [-0.1, -0.05) is 48.9 Å². The van der Waals surface area contributed by atoms with E-state index in [2.05, 4.69) is 5.32 Å². The highest BCUT2D eigenvalue weighted by Crippen LogP contribution is 2.16. The number of rotatable bonds is 9. The van der Waals surface area contributed by atoms with Crippen molar-refractivity contribution < 1.29 is 14.3 Å². The Bertz CT molecular complexity index is 800. The molecule has 5 nitrogen and oxygen atoms in total. The topological polar surface area (TPSA) is 58.6 Å². The number of hydrogen-bond acceptors (Lipinski definition) is 3. The first kappa shape index (κ1) is 22.5. The van der Waals surface area contributed by atoms with Gasteiger partial charge in [0.05, 0.1) is 13.5 Å². The Kier molecular flexibility index (Phi) is 8.25. The van der Waals surface area contributed by atoms with Crippen LogP contribution in [0.3, 0.4) is 0 Å². The van der Waals surface area contributed by atoms with Crippen LogP contribution in [0.5, 0.6) is 5.75 Å². The van der Waals surface area contributed by atoms with E-state index in [1.807, 2.05) is 69.3 Å². The molecule has 0 fully saturated rings. The minimum atomic E-state index is -0.566. The maximum Gasteiger partial charge on any atom is 0.242 e. The summed E-state index contributed by atoms with van der Waals surface area (Å²) >= 11 is 0. The molecule has 2 aromatic carbocycles. The van der Waals surface area contributed by atoms with Crippen LogP contribution in [0.25, 0.3) is 0 Å². The molecule has 0 heterocycles. The van der Waals surface area contributed by atoms with Gasteiger partial charge in [0.25, 0.3) is 0 Å². The summed E-state index contributed by atoms with van der Waals surface area (Å²) < 4.78 is 5.21. The van der Waals surface area contributed by atoms with Gasteiger partial charge in [0, 0.05) is 12.6 Å². The van der Waals surface area contributed by atoms with E-state index in [4.69, 9.17) is 4.74 Å². The summed E-state index contributed by atoms with van der Waals surface area (Å²) in [7, 11) is 1.62. The summed E-state index contributed by atoms with van der Waals surface area (Å²) in [6.07, 6.45) is 1.10. The summed E-state index contributed by atoms with van der Waals surface area (Å²) in [4.78, 5) is 27.5. The Morgan fingerprint density at radius 1 is 1.00 bits per heavy atom. The molecule has 2 rings (SSSR count). The Labute approximate surface area is 174 Å². The van der Waals surface area contributed by atoms with E-state index in [1.54, 1.807) is 18.9 Å². The molecule has 156 valence electrons. The Morgan fingerprint density at radius 3 is 2.14 bits per heavy atom. The number of amides is 2. The highest BCUT2D eigenvalue weighted by atomic mass is 16.5. The third-order valence-electron chi connectivity index (χ3n) is 5.16. The molecule has 0 aliphatic rings. The number of benzene rings is 2. The molecule has 0 bridgehead atoms. The fraction of sp³-hybridized carbons (Fsp3) is 0.417. The lowest BCUT2D eigenvalue weighted by atomic mass is 10.1. The second kappa shape index (κ2) is 10.6. The number of hydrogen-bond donors (Lipinski definition) is 1. The molecule has 1 N–H and O–H groups in total. The van der Waals surface area contributed by atoms with Crippen LogP contribution in [-0.4, -0.2) is 35.9 Å². The minimum absolute atomic E-state index is 0.0694. The molecule has 29 heavy (non-hydrogen) atoms. The first-order chi connectivity index (χ1) is 13.8. The van der Waals surface area contributed by atoms with Crippen LogP contribution in [-0.2, 0) is 22.6 Å². The summed E-state index contributed by atoms with van der Waals surface area (Å²) in [6.45, 7) is 8.15. The predicted octanol–water partition coefficient (Wildman–Crippen LogP) is 3.88. The lowest BCUT2D eigenvalue weighted by Crippen LogP contribution is -2.49. The minimum Gasteiger partial charge on any atom is -0.497 e. The number of carbonyl (C=O) groups excluding carboxylic acids is 2. The van der Waals surface area contributed by atoms with E-state index in [0.29, 0.717) is 6.54 Å². The van der Waals surface area contributed by atoms with E-state index in [9.17, 15) is 9.59 Å². The molecule has 0 aliphatic heterocycles. The van der Waals surface area contributed by atoms with Crippen LogP contribution in [0.2, 0.25) is 0 Å². The maximum atomic E-state index is 13.1. The summed E-state index contributed by atoms with van der Waals surface area (Å²) in [6, 6.07) is 15.0. The second-order valence-electron chi connectivity index (χ2n) is 7.53. The number of nitrogens with zero attached hydrogens (tertiary/aromatic N) is 1. The molecule has 0 aliphatic carbocycles. The first-order valence-electron chi connectivity index (χ1n) is 10.1. The van der Waals surface area contributed by atoms with Crippen molar-refractivity contribution in [1.29, 1.82) is 0 Å². The largest absolute Gasteiger partial charge is 0.497 e. The van der Waals surface area contributed by atoms with Crippen molar-refractivity contribution in [2.24, 2.45) is 0 Å². The summed E-state index contributed by atoms with van der Waals surface area (Å²) in [5.41, 5.74) is 3.04. The SMILES string of the molecule is CC[C@H](C)NC(=O)[C@H](C)N(Cc1ccc(OC)cc1)C(=O)Cc1ccc(C)cc1. The van der Waals surface area contributed by atoms with Crippen LogP contribution in [0, 0.1) is 6.92 Å². The Morgan fingerprint density at radius 2 is 1.59 bits per heavy atom. The molecule has 0 spiro atoms. The third kappa shape index (κ3) is 6.63. The van der Waals surface area contributed by atoms with E-state index >= 15 is 0 Å². The van der Waals surface area contributed by atoms with Gasteiger partial charge in [-0.2, -0.15) is 0 Å². The van der Waals surface area contributed by atoms with Crippen LogP contribution in [0.1, 0.15) is 43.9 Å².